The summed E-state index contributed by atoms with van der Waals surface area (Å²) in [4.78, 5) is 0. The Bertz CT molecular complexity index is 136. The minimum atomic E-state index is 0.966. The third-order valence-electron chi connectivity index (χ3n) is 3.16. The molecule has 1 aliphatic heterocycles. The van der Waals surface area contributed by atoms with Gasteiger partial charge < -0.3 is 0 Å². The molecule has 0 radical (unpaired) electrons. The molecule has 1 saturated carbocycles. The van der Waals surface area contributed by atoms with Crippen LogP contribution in [0.5, 0.6) is 0 Å². The molecular formula is C9H17NS. The Morgan fingerprint density at radius 2 is 1.91 bits per heavy atom. The maximum atomic E-state index is 4.45. The van der Waals surface area contributed by atoms with E-state index in [1.807, 2.05) is 0 Å². The highest BCUT2D eigenvalue weighted by Crippen LogP contribution is 2.34. The summed E-state index contributed by atoms with van der Waals surface area (Å²) in [5.41, 5.74) is 0. The average Bonchev–Trinajstić information content (AvgIpc) is 2.12. The van der Waals surface area contributed by atoms with Crippen LogP contribution in [0.3, 0.4) is 0 Å². The highest BCUT2D eigenvalue weighted by atomic mass is 32.1. The third kappa shape index (κ3) is 1.91. The summed E-state index contributed by atoms with van der Waals surface area (Å²) in [6, 6.07) is 0. The first-order valence-corrected chi connectivity index (χ1v) is 5.18. The molecule has 0 aromatic heterocycles. The van der Waals surface area contributed by atoms with Crippen LogP contribution in [-0.2, 0) is 0 Å². The molecule has 11 heavy (non-hydrogen) atoms. The molecule has 2 atom stereocenters. The summed E-state index contributed by atoms with van der Waals surface area (Å²) in [5, 5.41) is 0. The van der Waals surface area contributed by atoms with Gasteiger partial charge in [-0.25, -0.2) is 0 Å². The number of hydrogen-bond acceptors (Lipinski definition) is 2. The standard InChI is InChI=1S/C9H17NS/c11-10-5-4-8-2-1-3-9(6-8)7-10/h8-9,11H,1-7H2. The van der Waals surface area contributed by atoms with E-state index in [0.717, 1.165) is 11.8 Å². The van der Waals surface area contributed by atoms with Gasteiger partial charge in [0.25, 0.3) is 0 Å². The smallest absolute Gasteiger partial charge is 0.0115 e. The van der Waals surface area contributed by atoms with E-state index < -0.39 is 0 Å². The Kier molecular flexibility index (Phi) is 2.42. The molecule has 1 nitrogen and oxygen atoms in total. The lowest BCUT2D eigenvalue weighted by Crippen LogP contribution is -2.20. The zero-order chi connectivity index (χ0) is 7.68. The second kappa shape index (κ2) is 3.36. The van der Waals surface area contributed by atoms with Crippen molar-refractivity contribution in [3.8, 4) is 0 Å². The first-order valence-electron chi connectivity index (χ1n) is 4.78. The summed E-state index contributed by atoms with van der Waals surface area (Å²) in [6.45, 7) is 2.45. The molecule has 2 fully saturated rings. The fourth-order valence-corrected chi connectivity index (χ4v) is 2.90. The Hall–Kier alpha value is 0.310. The molecule has 0 aromatic rings. The monoisotopic (exact) mass is 171 g/mol. The number of rotatable bonds is 0. The van der Waals surface area contributed by atoms with Crippen LogP contribution >= 0.6 is 12.8 Å². The van der Waals surface area contributed by atoms with E-state index in [9.17, 15) is 0 Å². The van der Waals surface area contributed by atoms with Crippen molar-refractivity contribution in [1.29, 1.82) is 0 Å². The molecular weight excluding hydrogens is 154 g/mol. The van der Waals surface area contributed by atoms with Gasteiger partial charge in [-0.1, -0.05) is 25.7 Å². The molecule has 2 heteroatoms. The normalized spacial score (nSPS) is 40.1. The summed E-state index contributed by atoms with van der Waals surface area (Å²) < 4.78 is 2.22. The summed E-state index contributed by atoms with van der Waals surface area (Å²) in [6.07, 6.45) is 7.28. The minimum absolute atomic E-state index is 0.966. The van der Waals surface area contributed by atoms with Crippen LogP contribution in [0.2, 0.25) is 0 Å². The zero-order valence-electron chi connectivity index (χ0n) is 7.00. The topological polar surface area (TPSA) is 3.24 Å². The van der Waals surface area contributed by atoms with Gasteiger partial charge in [0.2, 0.25) is 0 Å². The zero-order valence-corrected chi connectivity index (χ0v) is 7.89. The molecule has 1 heterocycles. The van der Waals surface area contributed by atoms with Gasteiger partial charge in [0.15, 0.2) is 0 Å². The van der Waals surface area contributed by atoms with Gasteiger partial charge in [0.05, 0.1) is 0 Å². The lowest BCUT2D eigenvalue weighted by Gasteiger charge is -2.25. The van der Waals surface area contributed by atoms with Crippen molar-refractivity contribution < 1.29 is 0 Å². The summed E-state index contributed by atoms with van der Waals surface area (Å²) >= 11 is 4.45. The van der Waals surface area contributed by atoms with Gasteiger partial charge in [0, 0.05) is 13.1 Å². The minimum Gasteiger partial charge on any atom is -0.253 e. The van der Waals surface area contributed by atoms with Gasteiger partial charge in [0.1, 0.15) is 0 Å². The van der Waals surface area contributed by atoms with Crippen LogP contribution in [0.4, 0.5) is 0 Å². The van der Waals surface area contributed by atoms with Crippen LogP contribution in [0.15, 0.2) is 0 Å². The SMILES string of the molecule is SN1CCC2CCCC(C2)C1. The van der Waals surface area contributed by atoms with E-state index >= 15 is 0 Å². The van der Waals surface area contributed by atoms with Crippen molar-refractivity contribution in [3.05, 3.63) is 0 Å². The van der Waals surface area contributed by atoms with Gasteiger partial charge in [-0.15, -0.1) is 0 Å². The predicted octanol–water partition coefficient (Wildman–Crippen LogP) is 2.34. The highest BCUT2D eigenvalue weighted by molar-refractivity contribution is 7.77. The Morgan fingerprint density at radius 1 is 1.09 bits per heavy atom. The Morgan fingerprint density at radius 3 is 2.82 bits per heavy atom. The molecule has 64 valence electrons. The Balaban J connectivity index is 1.98. The number of thiol groups is 1. The average molecular weight is 171 g/mol. The lowest BCUT2D eigenvalue weighted by atomic mass is 9.81. The molecule has 0 aromatic carbocycles. The fourth-order valence-electron chi connectivity index (χ4n) is 2.55. The first kappa shape index (κ1) is 7.93. The third-order valence-corrected chi connectivity index (χ3v) is 3.52. The molecule has 1 saturated heterocycles. The van der Waals surface area contributed by atoms with E-state index in [2.05, 4.69) is 17.1 Å². The molecule has 2 unspecified atom stereocenters. The molecule has 2 bridgehead atoms. The second-order valence-electron chi connectivity index (χ2n) is 4.10. The molecule has 0 amide bonds. The van der Waals surface area contributed by atoms with Crippen LogP contribution in [0.1, 0.15) is 32.1 Å². The van der Waals surface area contributed by atoms with Crippen molar-refractivity contribution in [2.45, 2.75) is 32.1 Å². The van der Waals surface area contributed by atoms with E-state index in [4.69, 9.17) is 0 Å². The van der Waals surface area contributed by atoms with Crippen LogP contribution < -0.4 is 0 Å². The van der Waals surface area contributed by atoms with E-state index in [1.165, 1.54) is 45.2 Å². The van der Waals surface area contributed by atoms with Gasteiger partial charge in [-0.3, -0.25) is 4.31 Å². The molecule has 0 N–H and O–H groups in total. The van der Waals surface area contributed by atoms with E-state index in [-0.39, 0.29) is 0 Å². The summed E-state index contributed by atoms with van der Waals surface area (Å²) in [7, 11) is 0. The quantitative estimate of drug-likeness (QED) is 0.548. The van der Waals surface area contributed by atoms with Crippen LogP contribution in [-0.4, -0.2) is 17.4 Å². The van der Waals surface area contributed by atoms with Gasteiger partial charge in [-0.05, 0) is 31.1 Å². The van der Waals surface area contributed by atoms with Gasteiger partial charge >= 0.3 is 0 Å². The van der Waals surface area contributed by atoms with E-state index in [1.54, 1.807) is 0 Å². The fraction of sp³-hybridized carbons (Fsp3) is 1.00. The second-order valence-corrected chi connectivity index (χ2v) is 4.67. The largest absolute Gasteiger partial charge is 0.253 e. The number of hydrogen-bond donors (Lipinski definition) is 1. The van der Waals surface area contributed by atoms with E-state index in [0.29, 0.717) is 0 Å². The maximum absolute atomic E-state index is 4.45. The summed E-state index contributed by atoms with van der Waals surface area (Å²) in [5.74, 6) is 2.00. The van der Waals surface area contributed by atoms with Crippen molar-refractivity contribution in [3.63, 3.8) is 0 Å². The number of fused-ring (bicyclic) bond motifs is 2. The maximum Gasteiger partial charge on any atom is 0.0115 e. The highest BCUT2D eigenvalue weighted by Gasteiger charge is 2.26. The molecule has 0 spiro atoms. The van der Waals surface area contributed by atoms with Crippen molar-refractivity contribution in [1.82, 2.24) is 4.31 Å². The molecule has 2 rings (SSSR count). The first-order chi connectivity index (χ1) is 5.34. The molecule has 1 aliphatic carbocycles. The van der Waals surface area contributed by atoms with Crippen LogP contribution in [0, 0.1) is 11.8 Å². The van der Waals surface area contributed by atoms with Crippen molar-refractivity contribution in [2.75, 3.05) is 13.1 Å². The van der Waals surface area contributed by atoms with Crippen molar-refractivity contribution in [2.24, 2.45) is 11.8 Å². The number of nitrogens with zero attached hydrogens (tertiary/aromatic N) is 1. The van der Waals surface area contributed by atoms with Crippen molar-refractivity contribution >= 4 is 12.8 Å². The van der Waals surface area contributed by atoms with Gasteiger partial charge in [-0.2, -0.15) is 0 Å². The Labute approximate surface area is 74.7 Å². The molecule has 2 aliphatic rings. The lowest BCUT2D eigenvalue weighted by molar-refractivity contribution is 0.276. The van der Waals surface area contributed by atoms with Crippen LogP contribution in [0.25, 0.3) is 0 Å². The predicted molar refractivity (Wildman–Crippen MR) is 50.6 cm³/mol.